The van der Waals surface area contributed by atoms with E-state index >= 15 is 0 Å². The number of benzene rings is 2. The molecule has 1 heterocycles. The van der Waals surface area contributed by atoms with Crippen molar-refractivity contribution in [3.05, 3.63) is 59.2 Å². The molecule has 7 heteroatoms. The van der Waals surface area contributed by atoms with Crippen LogP contribution in [0.4, 0.5) is 5.69 Å². The quantitative estimate of drug-likeness (QED) is 0.770. The van der Waals surface area contributed by atoms with Gasteiger partial charge in [-0.3, -0.25) is 4.79 Å². The number of nitrogens with zero attached hydrogens (tertiary/aromatic N) is 1. The lowest BCUT2D eigenvalue weighted by Gasteiger charge is -2.29. The molecule has 140 valence electrons. The molecular weight excluding hydrogens is 350 g/mol. The maximum absolute atomic E-state index is 12.5. The van der Waals surface area contributed by atoms with Gasteiger partial charge in [0.15, 0.2) is 6.61 Å². The van der Waals surface area contributed by atoms with E-state index in [0.717, 1.165) is 5.56 Å². The number of fused-ring (bicyclic) bond motifs is 1. The third-order valence-electron chi connectivity index (χ3n) is 4.12. The van der Waals surface area contributed by atoms with Crippen LogP contribution < -0.4 is 9.64 Å². The van der Waals surface area contributed by atoms with E-state index in [-0.39, 0.29) is 17.0 Å². The van der Waals surface area contributed by atoms with E-state index in [1.54, 1.807) is 11.0 Å². The molecule has 7 nitrogen and oxygen atoms in total. The molecule has 1 aliphatic heterocycles. The third-order valence-corrected chi connectivity index (χ3v) is 4.12. The van der Waals surface area contributed by atoms with Crippen LogP contribution in [0, 0.1) is 6.92 Å². The standard InChI is InChI=1S/C20H19NO6/c1-13-6-7-17-16(10-13)21(8-9-26-17)18(22)12-27-20(24)15-5-3-4-14(11-15)19(23)25-2/h3-7,10-11H,8-9,12H2,1-2H3. The maximum atomic E-state index is 12.5. The van der Waals surface area contributed by atoms with Crippen LogP contribution in [0.3, 0.4) is 0 Å². The van der Waals surface area contributed by atoms with Gasteiger partial charge in [-0.05, 0) is 42.8 Å². The van der Waals surface area contributed by atoms with Gasteiger partial charge >= 0.3 is 11.9 Å². The first-order valence-electron chi connectivity index (χ1n) is 8.39. The van der Waals surface area contributed by atoms with E-state index < -0.39 is 18.5 Å². The molecule has 0 saturated heterocycles. The molecule has 0 spiro atoms. The Hall–Kier alpha value is -3.35. The highest BCUT2D eigenvalue weighted by molar-refractivity contribution is 5.99. The van der Waals surface area contributed by atoms with Crippen molar-refractivity contribution >= 4 is 23.5 Å². The van der Waals surface area contributed by atoms with Gasteiger partial charge in [0, 0.05) is 0 Å². The van der Waals surface area contributed by atoms with Crippen molar-refractivity contribution < 1.29 is 28.6 Å². The minimum Gasteiger partial charge on any atom is -0.490 e. The smallest absolute Gasteiger partial charge is 0.338 e. The zero-order chi connectivity index (χ0) is 19.4. The summed E-state index contributed by atoms with van der Waals surface area (Å²) in [5, 5.41) is 0. The van der Waals surface area contributed by atoms with Crippen molar-refractivity contribution in [1.82, 2.24) is 0 Å². The van der Waals surface area contributed by atoms with Crippen molar-refractivity contribution in [2.24, 2.45) is 0 Å². The lowest BCUT2D eigenvalue weighted by atomic mass is 10.1. The summed E-state index contributed by atoms with van der Waals surface area (Å²) >= 11 is 0. The Morgan fingerprint density at radius 2 is 1.81 bits per heavy atom. The second-order valence-electron chi connectivity index (χ2n) is 6.01. The Kier molecular flexibility index (Phi) is 5.40. The Labute approximate surface area is 156 Å². The molecule has 0 aliphatic carbocycles. The van der Waals surface area contributed by atoms with E-state index in [4.69, 9.17) is 9.47 Å². The summed E-state index contributed by atoms with van der Waals surface area (Å²) in [4.78, 5) is 37.9. The molecule has 0 atom stereocenters. The molecular formula is C20H19NO6. The van der Waals surface area contributed by atoms with E-state index in [1.165, 1.54) is 25.3 Å². The highest BCUT2D eigenvalue weighted by Gasteiger charge is 2.25. The number of anilines is 1. The van der Waals surface area contributed by atoms with Crippen LogP contribution in [-0.4, -0.2) is 44.7 Å². The van der Waals surface area contributed by atoms with Gasteiger partial charge < -0.3 is 19.1 Å². The van der Waals surface area contributed by atoms with Gasteiger partial charge in [-0.2, -0.15) is 0 Å². The molecule has 0 bridgehead atoms. The van der Waals surface area contributed by atoms with Gasteiger partial charge in [-0.15, -0.1) is 0 Å². The van der Waals surface area contributed by atoms with Crippen LogP contribution >= 0.6 is 0 Å². The fourth-order valence-electron chi connectivity index (χ4n) is 2.77. The van der Waals surface area contributed by atoms with E-state index in [9.17, 15) is 14.4 Å². The van der Waals surface area contributed by atoms with Crippen LogP contribution in [0.25, 0.3) is 0 Å². The Morgan fingerprint density at radius 1 is 1.07 bits per heavy atom. The molecule has 27 heavy (non-hydrogen) atoms. The maximum Gasteiger partial charge on any atom is 0.338 e. The SMILES string of the molecule is COC(=O)c1cccc(C(=O)OCC(=O)N2CCOc3ccc(C)cc32)c1. The number of hydrogen-bond donors (Lipinski definition) is 0. The number of rotatable bonds is 4. The molecule has 2 aromatic carbocycles. The van der Waals surface area contributed by atoms with Gasteiger partial charge in [0.2, 0.25) is 0 Å². The van der Waals surface area contributed by atoms with E-state index in [0.29, 0.717) is 24.6 Å². The van der Waals surface area contributed by atoms with Crippen molar-refractivity contribution in [3.8, 4) is 5.75 Å². The predicted octanol–water partition coefficient (Wildman–Crippen LogP) is 2.36. The highest BCUT2D eigenvalue weighted by atomic mass is 16.5. The fourth-order valence-corrected chi connectivity index (χ4v) is 2.77. The zero-order valence-corrected chi connectivity index (χ0v) is 15.1. The lowest BCUT2D eigenvalue weighted by Crippen LogP contribution is -2.40. The van der Waals surface area contributed by atoms with Crippen molar-refractivity contribution in [2.45, 2.75) is 6.92 Å². The molecule has 0 radical (unpaired) electrons. The minimum atomic E-state index is -0.688. The summed E-state index contributed by atoms with van der Waals surface area (Å²) in [6, 6.07) is 11.5. The molecule has 0 fully saturated rings. The van der Waals surface area contributed by atoms with E-state index in [1.807, 2.05) is 25.1 Å². The first-order chi connectivity index (χ1) is 13.0. The number of esters is 2. The molecule has 3 rings (SSSR count). The number of amides is 1. The van der Waals surface area contributed by atoms with Gasteiger partial charge in [0.05, 0.1) is 30.5 Å². The summed E-state index contributed by atoms with van der Waals surface area (Å²) in [6.07, 6.45) is 0. The largest absolute Gasteiger partial charge is 0.490 e. The van der Waals surface area contributed by atoms with Gasteiger partial charge in [0.25, 0.3) is 5.91 Å². The summed E-state index contributed by atoms with van der Waals surface area (Å²) in [5.74, 6) is -0.965. The molecule has 0 aromatic heterocycles. The van der Waals surface area contributed by atoms with E-state index in [2.05, 4.69) is 4.74 Å². The summed E-state index contributed by atoms with van der Waals surface area (Å²) in [7, 11) is 1.26. The molecule has 1 amide bonds. The first-order valence-corrected chi connectivity index (χ1v) is 8.39. The van der Waals surface area contributed by atoms with Gasteiger partial charge in [-0.1, -0.05) is 12.1 Å². The number of methoxy groups -OCH3 is 1. The van der Waals surface area contributed by atoms with Crippen molar-refractivity contribution in [3.63, 3.8) is 0 Å². The van der Waals surface area contributed by atoms with Crippen LogP contribution in [0.15, 0.2) is 42.5 Å². The predicted molar refractivity (Wildman–Crippen MR) is 97.1 cm³/mol. The number of hydrogen-bond acceptors (Lipinski definition) is 6. The number of carbonyl (C=O) groups is 3. The zero-order valence-electron chi connectivity index (χ0n) is 15.1. The first kappa shape index (κ1) is 18.4. The van der Waals surface area contributed by atoms with Gasteiger partial charge in [-0.25, -0.2) is 9.59 Å². The Morgan fingerprint density at radius 3 is 2.56 bits per heavy atom. The lowest BCUT2D eigenvalue weighted by molar-refractivity contribution is -0.121. The van der Waals surface area contributed by atoms with Crippen LogP contribution in [0.5, 0.6) is 5.75 Å². The summed E-state index contributed by atoms with van der Waals surface area (Å²) < 4.78 is 15.3. The molecule has 1 aliphatic rings. The summed E-state index contributed by atoms with van der Waals surface area (Å²) in [6.45, 7) is 2.27. The Balaban J connectivity index is 1.67. The second-order valence-corrected chi connectivity index (χ2v) is 6.01. The monoisotopic (exact) mass is 369 g/mol. The number of carbonyl (C=O) groups excluding carboxylic acids is 3. The third kappa shape index (κ3) is 4.08. The number of ether oxygens (including phenoxy) is 3. The topological polar surface area (TPSA) is 82.1 Å². The highest BCUT2D eigenvalue weighted by Crippen LogP contribution is 2.32. The normalized spacial score (nSPS) is 12.6. The Bertz CT molecular complexity index is 892. The minimum absolute atomic E-state index is 0.170. The van der Waals surface area contributed by atoms with Crippen LogP contribution in [0.2, 0.25) is 0 Å². The van der Waals surface area contributed by atoms with Crippen LogP contribution in [-0.2, 0) is 14.3 Å². The van der Waals surface area contributed by atoms with Gasteiger partial charge in [0.1, 0.15) is 12.4 Å². The average molecular weight is 369 g/mol. The molecule has 0 saturated carbocycles. The average Bonchev–Trinajstić information content (AvgIpc) is 2.70. The van der Waals surface area contributed by atoms with Crippen LogP contribution in [0.1, 0.15) is 26.3 Å². The summed E-state index contributed by atoms with van der Waals surface area (Å²) in [5.41, 5.74) is 2.06. The van der Waals surface area contributed by atoms with Crippen molar-refractivity contribution in [1.29, 1.82) is 0 Å². The number of aryl methyl sites for hydroxylation is 1. The molecule has 2 aromatic rings. The molecule has 0 unspecified atom stereocenters. The van der Waals surface area contributed by atoms with Crippen molar-refractivity contribution in [2.75, 3.05) is 31.8 Å². The second kappa shape index (κ2) is 7.90. The molecule has 0 N–H and O–H groups in total. The fraction of sp³-hybridized carbons (Fsp3) is 0.250.